The molecule has 0 amide bonds. The summed E-state index contributed by atoms with van der Waals surface area (Å²) in [6, 6.07) is 3.93. The lowest BCUT2D eigenvalue weighted by molar-refractivity contribution is -0.124. The number of nitrogens with zero attached hydrogens (tertiary/aromatic N) is 1. The molecule has 2 nitrogen and oxygen atoms in total. The Kier molecular flexibility index (Phi) is 4.91. The van der Waals surface area contributed by atoms with Gasteiger partial charge in [-0.1, -0.05) is 39.0 Å². The van der Waals surface area contributed by atoms with Gasteiger partial charge in [0.1, 0.15) is 5.78 Å². The number of hydrogen-bond acceptors (Lipinski definition) is 2. The zero-order valence-electron chi connectivity index (χ0n) is 11.3. The lowest BCUT2D eigenvalue weighted by Crippen LogP contribution is -2.21. The van der Waals surface area contributed by atoms with Crippen LogP contribution in [0.15, 0.2) is 24.5 Å². The molecule has 1 aliphatic rings. The van der Waals surface area contributed by atoms with Gasteiger partial charge in [-0.25, -0.2) is 0 Å². The minimum absolute atomic E-state index is 0.0254. The first-order chi connectivity index (χ1) is 8.79. The SMILES string of the molecule is CC(C(=O)C1CCCCCCC1)c1ccncc1. The number of pyridine rings is 1. The largest absolute Gasteiger partial charge is 0.299 e. The van der Waals surface area contributed by atoms with Gasteiger partial charge >= 0.3 is 0 Å². The number of Topliss-reactive ketones (excluding diaryl/α,β-unsaturated/α-hetero) is 1. The fourth-order valence-corrected chi connectivity index (χ4v) is 2.91. The summed E-state index contributed by atoms with van der Waals surface area (Å²) in [5.41, 5.74) is 1.11. The minimum Gasteiger partial charge on any atom is -0.299 e. The van der Waals surface area contributed by atoms with Crippen molar-refractivity contribution in [2.24, 2.45) is 5.92 Å². The molecule has 0 N–H and O–H groups in total. The van der Waals surface area contributed by atoms with Crippen molar-refractivity contribution < 1.29 is 4.79 Å². The van der Waals surface area contributed by atoms with E-state index in [-0.39, 0.29) is 11.8 Å². The highest BCUT2D eigenvalue weighted by Crippen LogP contribution is 2.28. The third-order valence-corrected chi connectivity index (χ3v) is 4.14. The van der Waals surface area contributed by atoms with Gasteiger partial charge in [0.05, 0.1) is 0 Å². The summed E-state index contributed by atoms with van der Waals surface area (Å²) in [6.07, 6.45) is 12.1. The second-order valence-electron chi connectivity index (χ2n) is 5.45. The fourth-order valence-electron chi connectivity index (χ4n) is 2.91. The van der Waals surface area contributed by atoms with E-state index in [1.165, 1.54) is 32.1 Å². The molecule has 1 unspecified atom stereocenters. The van der Waals surface area contributed by atoms with Gasteiger partial charge in [-0.3, -0.25) is 9.78 Å². The van der Waals surface area contributed by atoms with Crippen molar-refractivity contribution in [1.82, 2.24) is 4.98 Å². The first-order valence-electron chi connectivity index (χ1n) is 7.22. The summed E-state index contributed by atoms with van der Waals surface area (Å²) in [5.74, 6) is 0.744. The van der Waals surface area contributed by atoms with Gasteiger partial charge in [0.15, 0.2) is 0 Å². The number of aromatic nitrogens is 1. The molecule has 0 saturated heterocycles. The van der Waals surface area contributed by atoms with Gasteiger partial charge < -0.3 is 0 Å². The van der Waals surface area contributed by atoms with E-state index in [4.69, 9.17) is 0 Å². The molecular formula is C16H23NO. The monoisotopic (exact) mass is 245 g/mol. The number of rotatable bonds is 3. The van der Waals surface area contributed by atoms with Crippen molar-refractivity contribution in [2.45, 2.75) is 57.8 Å². The van der Waals surface area contributed by atoms with Crippen LogP contribution in [0.3, 0.4) is 0 Å². The maximum Gasteiger partial charge on any atom is 0.143 e. The molecule has 1 heterocycles. The quantitative estimate of drug-likeness (QED) is 0.802. The van der Waals surface area contributed by atoms with Crippen LogP contribution in [0.1, 0.15) is 63.4 Å². The Morgan fingerprint density at radius 1 is 1.11 bits per heavy atom. The molecule has 0 bridgehead atoms. The van der Waals surface area contributed by atoms with Crippen LogP contribution in [0.5, 0.6) is 0 Å². The van der Waals surface area contributed by atoms with Crippen molar-refractivity contribution in [3.05, 3.63) is 30.1 Å². The molecule has 0 aliphatic heterocycles. The lowest BCUT2D eigenvalue weighted by atomic mass is 9.82. The number of carbonyl (C=O) groups excluding carboxylic acids is 1. The Morgan fingerprint density at radius 3 is 2.28 bits per heavy atom. The molecule has 2 rings (SSSR count). The maximum atomic E-state index is 12.5. The van der Waals surface area contributed by atoms with Gasteiger partial charge in [0, 0.05) is 24.2 Å². The fraction of sp³-hybridized carbons (Fsp3) is 0.625. The molecule has 1 atom stereocenters. The zero-order chi connectivity index (χ0) is 12.8. The molecule has 0 radical (unpaired) electrons. The molecule has 0 aromatic carbocycles. The number of hydrogen-bond donors (Lipinski definition) is 0. The molecular weight excluding hydrogens is 222 g/mol. The summed E-state index contributed by atoms with van der Waals surface area (Å²) in [4.78, 5) is 16.6. The highest BCUT2D eigenvalue weighted by molar-refractivity contribution is 5.87. The standard InChI is InChI=1S/C16H23NO/c1-13(14-9-11-17-12-10-14)16(18)15-7-5-3-2-4-6-8-15/h9-13,15H,2-8H2,1H3. The van der Waals surface area contributed by atoms with Crippen molar-refractivity contribution in [2.75, 3.05) is 0 Å². The van der Waals surface area contributed by atoms with Crippen LogP contribution >= 0.6 is 0 Å². The average Bonchev–Trinajstić information content (AvgIpc) is 2.38. The summed E-state index contributed by atoms with van der Waals surface area (Å²) >= 11 is 0. The molecule has 1 aromatic rings. The smallest absolute Gasteiger partial charge is 0.143 e. The second-order valence-corrected chi connectivity index (χ2v) is 5.45. The Morgan fingerprint density at radius 2 is 1.67 bits per heavy atom. The molecule has 1 fully saturated rings. The van der Waals surface area contributed by atoms with Crippen molar-refractivity contribution in [3.63, 3.8) is 0 Å². The summed E-state index contributed by atoms with van der Waals surface area (Å²) in [6.45, 7) is 2.04. The highest BCUT2D eigenvalue weighted by Gasteiger charge is 2.24. The van der Waals surface area contributed by atoms with Crippen molar-refractivity contribution >= 4 is 5.78 Å². The van der Waals surface area contributed by atoms with Crippen molar-refractivity contribution in [3.8, 4) is 0 Å². The van der Waals surface area contributed by atoms with Crippen LogP contribution < -0.4 is 0 Å². The minimum atomic E-state index is 0.0254. The first kappa shape index (κ1) is 13.3. The van der Waals surface area contributed by atoms with E-state index in [0.29, 0.717) is 5.78 Å². The van der Waals surface area contributed by atoms with Crippen LogP contribution in [0.4, 0.5) is 0 Å². The topological polar surface area (TPSA) is 30.0 Å². The second kappa shape index (κ2) is 6.67. The lowest BCUT2D eigenvalue weighted by Gasteiger charge is -2.22. The highest BCUT2D eigenvalue weighted by atomic mass is 16.1. The predicted octanol–water partition coefficient (Wildman–Crippen LogP) is 4.11. The molecule has 98 valence electrons. The van der Waals surface area contributed by atoms with Crippen LogP contribution in [0.2, 0.25) is 0 Å². The maximum absolute atomic E-state index is 12.5. The zero-order valence-corrected chi connectivity index (χ0v) is 11.3. The van der Waals surface area contributed by atoms with Crippen LogP contribution in [-0.2, 0) is 4.79 Å². The Hall–Kier alpha value is -1.18. The Bertz CT molecular complexity index is 366. The summed E-state index contributed by atoms with van der Waals surface area (Å²) in [5, 5.41) is 0. The van der Waals surface area contributed by atoms with Crippen LogP contribution in [0, 0.1) is 5.92 Å². The third-order valence-electron chi connectivity index (χ3n) is 4.14. The number of ketones is 1. The first-order valence-corrected chi connectivity index (χ1v) is 7.22. The predicted molar refractivity (Wildman–Crippen MR) is 73.5 cm³/mol. The molecule has 2 heteroatoms. The van der Waals surface area contributed by atoms with E-state index in [0.717, 1.165) is 18.4 Å². The van der Waals surface area contributed by atoms with Crippen molar-refractivity contribution in [1.29, 1.82) is 0 Å². The van der Waals surface area contributed by atoms with Gasteiger partial charge in [0.2, 0.25) is 0 Å². The Balaban J connectivity index is 2.00. The molecule has 1 aromatic heterocycles. The van der Waals surface area contributed by atoms with E-state index in [1.54, 1.807) is 12.4 Å². The average molecular weight is 245 g/mol. The molecule has 1 saturated carbocycles. The number of carbonyl (C=O) groups is 1. The Labute approximate surface area is 110 Å². The summed E-state index contributed by atoms with van der Waals surface area (Å²) in [7, 11) is 0. The molecule has 0 spiro atoms. The van der Waals surface area contributed by atoms with E-state index < -0.39 is 0 Å². The molecule has 18 heavy (non-hydrogen) atoms. The van der Waals surface area contributed by atoms with E-state index in [2.05, 4.69) is 4.98 Å². The van der Waals surface area contributed by atoms with Crippen LogP contribution in [-0.4, -0.2) is 10.8 Å². The van der Waals surface area contributed by atoms with Gasteiger partial charge in [0.25, 0.3) is 0 Å². The van der Waals surface area contributed by atoms with Crippen LogP contribution in [0.25, 0.3) is 0 Å². The third kappa shape index (κ3) is 3.41. The van der Waals surface area contributed by atoms with E-state index >= 15 is 0 Å². The van der Waals surface area contributed by atoms with Gasteiger partial charge in [-0.2, -0.15) is 0 Å². The van der Waals surface area contributed by atoms with Gasteiger partial charge in [-0.05, 0) is 30.5 Å². The summed E-state index contributed by atoms with van der Waals surface area (Å²) < 4.78 is 0. The molecule has 1 aliphatic carbocycles. The normalized spacial score (nSPS) is 19.8. The van der Waals surface area contributed by atoms with E-state index in [9.17, 15) is 4.79 Å². The van der Waals surface area contributed by atoms with E-state index in [1.807, 2.05) is 19.1 Å². The van der Waals surface area contributed by atoms with Gasteiger partial charge in [-0.15, -0.1) is 0 Å².